The van der Waals surface area contributed by atoms with Crippen LogP contribution in [0.4, 0.5) is 9.18 Å². The zero-order valence-corrected chi connectivity index (χ0v) is 22.1. The summed E-state index contributed by atoms with van der Waals surface area (Å²) in [5, 5.41) is 13.7. The molecule has 2 aromatic rings. The van der Waals surface area contributed by atoms with E-state index in [1.165, 1.54) is 5.57 Å². The zero-order valence-electron chi connectivity index (χ0n) is 22.1. The monoisotopic (exact) mass is 515 g/mol. The first-order chi connectivity index (χ1) is 17.6. The third-order valence-electron chi connectivity index (χ3n) is 7.03. The van der Waals surface area contributed by atoms with Crippen LogP contribution in [0.5, 0.6) is 11.5 Å². The van der Waals surface area contributed by atoms with Crippen LogP contribution in [0.3, 0.4) is 0 Å². The van der Waals surface area contributed by atoms with E-state index in [1.54, 1.807) is 6.07 Å². The van der Waals surface area contributed by atoms with Gasteiger partial charge in [0.15, 0.2) is 0 Å². The molecule has 37 heavy (non-hydrogen) atoms. The Morgan fingerprint density at radius 3 is 2.76 bits per heavy atom. The van der Waals surface area contributed by atoms with Crippen molar-refractivity contribution in [2.45, 2.75) is 78.7 Å². The molecule has 0 saturated heterocycles. The minimum Gasteiger partial charge on any atom is -0.507 e. The Morgan fingerprint density at radius 1 is 1.30 bits per heavy atom. The van der Waals surface area contributed by atoms with Gasteiger partial charge in [-0.1, -0.05) is 45.3 Å². The molecule has 1 heterocycles. The molecule has 0 radical (unpaired) electrons. The molecule has 9 heteroatoms. The SMILES string of the molecule is CCCCCc1cc(O)c([C@@H]2C=C(C)CC[C@H]2C(C)C)c(OC(=O)NCCn2cc(F)c(=O)[nH]c2=O)c1. The van der Waals surface area contributed by atoms with Gasteiger partial charge in [0.1, 0.15) is 11.5 Å². The van der Waals surface area contributed by atoms with Gasteiger partial charge in [-0.2, -0.15) is 4.39 Å². The van der Waals surface area contributed by atoms with Crippen molar-refractivity contribution in [3.05, 3.63) is 67.8 Å². The molecule has 0 fully saturated rings. The van der Waals surface area contributed by atoms with Gasteiger partial charge in [0, 0.05) is 24.6 Å². The average Bonchev–Trinajstić information content (AvgIpc) is 2.82. The van der Waals surface area contributed by atoms with Crippen LogP contribution in [0.15, 0.2) is 39.6 Å². The first-order valence-electron chi connectivity index (χ1n) is 13.1. The third kappa shape index (κ3) is 7.33. The second-order valence-corrected chi connectivity index (χ2v) is 10.2. The summed E-state index contributed by atoms with van der Waals surface area (Å²) in [7, 11) is 0. The van der Waals surface area contributed by atoms with Crippen LogP contribution in [-0.4, -0.2) is 27.3 Å². The van der Waals surface area contributed by atoms with Crippen LogP contribution in [0.1, 0.15) is 76.8 Å². The van der Waals surface area contributed by atoms with E-state index in [0.29, 0.717) is 17.2 Å². The van der Waals surface area contributed by atoms with Crippen molar-refractivity contribution in [3.63, 3.8) is 0 Å². The van der Waals surface area contributed by atoms with Crippen LogP contribution in [-0.2, 0) is 13.0 Å². The lowest BCUT2D eigenvalue weighted by atomic mass is 9.71. The number of nitrogens with one attached hydrogen (secondary N) is 2. The molecule has 3 N–H and O–H groups in total. The number of aromatic hydroxyl groups is 1. The third-order valence-corrected chi connectivity index (χ3v) is 7.03. The Bertz CT molecular complexity index is 1250. The summed E-state index contributed by atoms with van der Waals surface area (Å²) in [6, 6.07) is 3.61. The van der Waals surface area contributed by atoms with E-state index in [-0.39, 0.29) is 30.7 Å². The lowest BCUT2D eigenvalue weighted by molar-refractivity contribution is 0.198. The van der Waals surface area contributed by atoms with Gasteiger partial charge in [0.25, 0.3) is 5.56 Å². The summed E-state index contributed by atoms with van der Waals surface area (Å²) >= 11 is 0. The second kappa shape index (κ2) is 12.7. The van der Waals surface area contributed by atoms with Crippen molar-refractivity contribution in [2.24, 2.45) is 11.8 Å². The quantitative estimate of drug-likeness (QED) is 0.304. The number of phenols is 1. The van der Waals surface area contributed by atoms with Crippen LogP contribution >= 0.6 is 0 Å². The summed E-state index contributed by atoms with van der Waals surface area (Å²) < 4.78 is 20.2. The fourth-order valence-corrected chi connectivity index (χ4v) is 5.01. The van der Waals surface area contributed by atoms with Crippen molar-refractivity contribution >= 4 is 6.09 Å². The number of benzene rings is 1. The van der Waals surface area contributed by atoms with Crippen LogP contribution in [0.25, 0.3) is 0 Å². The average molecular weight is 516 g/mol. The molecule has 0 saturated carbocycles. The smallest absolute Gasteiger partial charge is 0.412 e. The summed E-state index contributed by atoms with van der Waals surface area (Å²) in [6.45, 7) is 8.44. The van der Waals surface area contributed by atoms with Crippen molar-refractivity contribution in [3.8, 4) is 11.5 Å². The Kier molecular flexibility index (Phi) is 9.72. The Balaban J connectivity index is 1.84. The van der Waals surface area contributed by atoms with Gasteiger partial charge in [0.2, 0.25) is 5.82 Å². The number of ether oxygens (including phenoxy) is 1. The largest absolute Gasteiger partial charge is 0.507 e. The maximum atomic E-state index is 13.5. The van der Waals surface area contributed by atoms with Crippen LogP contribution < -0.4 is 21.3 Å². The highest BCUT2D eigenvalue weighted by Gasteiger charge is 2.32. The van der Waals surface area contributed by atoms with Crippen molar-refractivity contribution in [1.29, 1.82) is 0 Å². The molecular formula is C28H38FN3O5. The lowest BCUT2D eigenvalue weighted by Gasteiger charge is -2.34. The van der Waals surface area contributed by atoms with E-state index in [9.17, 15) is 23.9 Å². The number of amides is 1. The molecule has 1 aliphatic carbocycles. The zero-order chi connectivity index (χ0) is 27.1. The van der Waals surface area contributed by atoms with Gasteiger partial charge >= 0.3 is 11.8 Å². The Morgan fingerprint density at radius 2 is 2.05 bits per heavy atom. The highest BCUT2D eigenvalue weighted by molar-refractivity contribution is 5.71. The second-order valence-electron chi connectivity index (χ2n) is 10.2. The molecule has 1 aromatic heterocycles. The number of carbonyl (C=O) groups is 1. The summed E-state index contributed by atoms with van der Waals surface area (Å²) in [5.41, 5.74) is 0.873. The molecular weight excluding hydrogens is 477 g/mol. The van der Waals surface area contributed by atoms with Crippen molar-refractivity contribution < 1.29 is 19.0 Å². The van der Waals surface area contributed by atoms with E-state index < -0.39 is 23.2 Å². The fraction of sp³-hybridized carbons (Fsp3) is 0.536. The van der Waals surface area contributed by atoms with Gasteiger partial charge in [-0.15, -0.1) is 0 Å². The number of hydrogen-bond donors (Lipinski definition) is 3. The normalized spacial score (nSPS) is 17.5. The van der Waals surface area contributed by atoms with Gasteiger partial charge in [-0.25, -0.2) is 9.59 Å². The number of halogens is 1. The number of aromatic nitrogens is 2. The Labute approximate surface area is 216 Å². The minimum atomic E-state index is -1.09. The predicted molar refractivity (Wildman–Crippen MR) is 141 cm³/mol. The minimum absolute atomic E-state index is 0.0290. The van der Waals surface area contributed by atoms with Gasteiger partial charge in [-0.05, 0) is 62.1 Å². The molecule has 0 aliphatic heterocycles. The van der Waals surface area contributed by atoms with Crippen molar-refractivity contribution in [2.75, 3.05) is 6.54 Å². The van der Waals surface area contributed by atoms with E-state index in [2.05, 4.69) is 39.1 Å². The van der Waals surface area contributed by atoms with Gasteiger partial charge < -0.3 is 15.2 Å². The van der Waals surface area contributed by atoms with E-state index in [4.69, 9.17) is 4.74 Å². The number of aryl methyl sites for hydroxylation is 1. The molecule has 0 spiro atoms. The molecule has 202 valence electrons. The molecule has 0 bridgehead atoms. The first kappa shape index (κ1) is 28.2. The molecule has 2 atom stereocenters. The predicted octanol–water partition coefficient (Wildman–Crippen LogP) is 5.00. The molecule has 1 aliphatic rings. The summed E-state index contributed by atoms with van der Waals surface area (Å²) in [5.74, 6) is -0.0863. The maximum absolute atomic E-state index is 13.5. The maximum Gasteiger partial charge on any atom is 0.412 e. The Hall–Kier alpha value is -3.36. The topological polar surface area (TPSA) is 113 Å². The number of allylic oxidation sites excluding steroid dienone is 2. The van der Waals surface area contributed by atoms with Gasteiger partial charge in [0.05, 0.1) is 6.20 Å². The number of aromatic amines is 1. The number of H-pyrrole nitrogens is 1. The highest BCUT2D eigenvalue weighted by atomic mass is 19.1. The highest BCUT2D eigenvalue weighted by Crippen LogP contribution is 2.47. The van der Waals surface area contributed by atoms with E-state index >= 15 is 0 Å². The molecule has 1 amide bonds. The fourth-order valence-electron chi connectivity index (χ4n) is 5.01. The number of unbranched alkanes of at least 4 members (excludes halogenated alkanes) is 2. The van der Waals surface area contributed by atoms with Gasteiger partial charge in [-0.3, -0.25) is 14.3 Å². The molecule has 0 unspecified atom stereocenters. The molecule has 8 nitrogen and oxygen atoms in total. The van der Waals surface area contributed by atoms with Crippen LogP contribution in [0, 0.1) is 17.7 Å². The summed E-state index contributed by atoms with van der Waals surface area (Å²) in [6.07, 6.45) is 8.05. The number of hydrogen-bond acceptors (Lipinski definition) is 5. The van der Waals surface area contributed by atoms with Crippen molar-refractivity contribution in [1.82, 2.24) is 14.9 Å². The van der Waals surface area contributed by atoms with E-state index in [0.717, 1.165) is 54.9 Å². The standard InChI is InChI=1S/C28H38FN3O5/c1-5-6-7-8-19-14-23(33)25(21-13-18(4)9-10-20(21)17(2)3)24(15-19)37-28(36)30-11-12-32-16-22(29)26(34)31-27(32)35/h13-17,20-21,33H,5-12H2,1-4H3,(H,30,36)(H,31,34,35)/t20-,21+/m0/s1. The number of rotatable bonds is 10. The molecule has 3 rings (SSSR count). The first-order valence-corrected chi connectivity index (χ1v) is 13.1. The number of nitrogens with zero attached hydrogens (tertiary/aromatic N) is 1. The molecule has 1 aromatic carbocycles. The van der Waals surface area contributed by atoms with E-state index in [1.807, 2.05) is 11.1 Å². The lowest BCUT2D eigenvalue weighted by Crippen LogP contribution is -2.36. The van der Waals surface area contributed by atoms with Crippen LogP contribution in [0.2, 0.25) is 0 Å². The number of phenolic OH excluding ortho intramolecular Hbond substituents is 1. The summed E-state index contributed by atoms with van der Waals surface area (Å²) in [4.78, 5) is 37.7. The number of carbonyl (C=O) groups excluding carboxylic acids is 1.